The molecule has 1 rings (SSSR count). The highest BCUT2D eigenvalue weighted by Crippen LogP contribution is 2.20. The summed E-state index contributed by atoms with van der Waals surface area (Å²) in [5.74, 6) is -0.367. The molecule has 0 unspecified atom stereocenters. The number of nitrogens with one attached hydrogen (secondary N) is 1. The Balaban J connectivity index is 2.82. The topological polar surface area (TPSA) is 49.3 Å². The number of rotatable bonds is 3. The smallest absolute Gasteiger partial charge is 0.255 e. The first kappa shape index (κ1) is 11.6. The largest absolute Gasteiger partial charge is 0.507 e. The SMILES string of the molecule is C=C(Cl)CNC(=O)c1cccc(C)c1O. The fraction of sp³-hybridized carbons (Fsp3) is 0.182. The maximum Gasteiger partial charge on any atom is 0.255 e. The molecule has 0 aliphatic heterocycles. The van der Waals surface area contributed by atoms with E-state index in [-0.39, 0.29) is 23.8 Å². The fourth-order valence-electron chi connectivity index (χ4n) is 1.11. The first-order valence-electron chi connectivity index (χ1n) is 4.42. The van der Waals surface area contributed by atoms with Crippen LogP contribution in [0.4, 0.5) is 0 Å². The van der Waals surface area contributed by atoms with Crippen LogP contribution in [0.5, 0.6) is 5.75 Å². The second-order valence-electron chi connectivity index (χ2n) is 3.17. The molecule has 0 bridgehead atoms. The normalized spacial score (nSPS) is 9.73. The molecule has 0 aromatic heterocycles. The number of benzene rings is 1. The number of hydrogen-bond donors (Lipinski definition) is 2. The molecule has 0 atom stereocenters. The van der Waals surface area contributed by atoms with Crippen LogP contribution >= 0.6 is 11.6 Å². The maximum atomic E-state index is 11.6. The van der Waals surface area contributed by atoms with Gasteiger partial charge in [-0.3, -0.25) is 4.79 Å². The summed E-state index contributed by atoms with van der Waals surface area (Å²) in [5.41, 5.74) is 0.903. The third kappa shape index (κ3) is 2.99. The van der Waals surface area contributed by atoms with Gasteiger partial charge in [0.05, 0.1) is 12.1 Å². The Kier molecular flexibility index (Phi) is 3.74. The van der Waals surface area contributed by atoms with Gasteiger partial charge in [-0.25, -0.2) is 0 Å². The van der Waals surface area contributed by atoms with E-state index in [1.165, 1.54) is 0 Å². The zero-order chi connectivity index (χ0) is 11.4. The van der Waals surface area contributed by atoms with Gasteiger partial charge in [0.15, 0.2) is 0 Å². The zero-order valence-corrected chi connectivity index (χ0v) is 9.14. The average molecular weight is 226 g/mol. The summed E-state index contributed by atoms with van der Waals surface area (Å²) in [6.07, 6.45) is 0. The van der Waals surface area contributed by atoms with Gasteiger partial charge in [0.2, 0.25) is 0 Å². The van der Waals surface area contributed by atoms with Crippen LogP contribution in [0.15, 0.2) is 29.8 Å². The number of carbonyl (C=O) groups excluding carboxylic acids is 1. The predicted octanol–water partition coefficient (Wildman–Crippen LogP) is 2.18. The third-order valence-electron chi connectivity index (χ3n) is 1.92. The number of halogens is 1. The van der Waals surface area contributed by atoms with E-state index in [1.807, 2.05) is 0 Å². The van der Waals surface area contributed by atoms with Gasteiger partial charge in [-0.15, -0.1) is 0 Å². The Bertz CT molecular complexity index is 402. The van der Waals surface area contributed by atoms with Crippen molar-refractivity contribution in [3.63, 3.8) is 0 Å². The molecule has 0 aliphatic rings. The Labute approximate surface area is 93.4 Å². The summed E-state index contributed by atoms with van der Waals surface area (Å²) in [6.45, 7) is 5.37. The van der Waals surface area contributed by atoms with E-state index in [2.05, 4.69) is 11.9 Å². The van der Waals surface area contributed by atoms with E-state index >= 15 is 0 Å². The molecule has 80 valence electrons. The van der Waals surface area contributed by atoms with Crippen LogP contribution < -0.4 is 5.32 Å². The van der Waals surface area contributed by atoms with Crippen molar-refractivity contribution in [3.8, 4) is 5.75 Å². The molecule has 0 saturated heterocycles. The predicted molar refractivity (Wildman–Crippen MR) is 60.2 cm³/mol. The van der Waals surface area contributed by atoms with Crippen molar-refractivity contribution in [2.75, 3.05) is 6.54 Å². The van der Waals surface area contributed by atoms with E-state index < -0.39 is 0 Å². The van der Waals surface area contributed by atoms with Crippen molar-refractivity contribution in [3.05, 3.63) is 40.9 Å². The van der Waals surface area contributed by atoms with Crippen LogP contribution in [0, 0.1) is 6.92 Å². The highest BCUT2D eigenvalue weighted by Gasteiger charge is 2.11. The number of phenolic OH excluding ortho intramolecular Hbond substituents is 1. The van der Waals surface area contributed by atoms with E-state index in [4.69, 9.17) is 11.6 Å². The summed E-state index contributed by atoms with van der Waals surface area (Å²) in [4.78, 5) is 11.6. The quantitative estimate of drug-likeness (QED) is 0.829. The Morgan fingerprint density at radius 2 is 2.27 bits per heavy atom. The molecule has 2 N–H and O–H groups in total. The maximum absolute atomic E-state index is 11.6. The highest BCUT2D eigenvalue weighted by atomic mass is 35.5. The monoisotopic (exact) mass is 225 g/mol. The lowest BCUT2D eigenvalue weighted by Gasteiger charge is -2.07. The lowest BCUT2D eigenvalue weighted by Crippen LogP contribution is -2.24. The van der Waals surface area contributed by atoms with E-state index in [0.717, 1.165) is 0 Å². The summed E-state index contributed by atoms with van der Waals surface area (Å²) in [6, 6.07) is 4.99. The van der Waals surface area contributed by atoms with E-state index in [9.17, 15) is 9.90 Å². The minimum Gasteiger partial charge on any atom is -0.507 e. The molecule has 1 amide bonds. The fourth-order valence-corrected chi connectivity index (χ4v) is 1.18. The molecular formula is C11H12ClNO2. The molecule has 3 nitrogen and oxygen atoms in total. The van der Waals surface area contributed by atoms with Crippen LogP contribution in [0.2, 0.25) is 0 Å². The van der Waals surface area contributed by atoms with Crippen molar-refractivity contribution in [1.82, 2.24) is 5.32 Å². The summed E-state index contributed by atoms with van der Waals surface area (Å²) >= 11 is 5.51. The number of phenols is 1. The van der Waals surface area contributed by atoms with Crippen molar-refractivity contribution in [2.45, 2.75) is 6.92 Å². The molecule has 0 heterocycles. The molecular weight excluding hydrogens is 214 g/mol. The standard InChI is InChI=1S/C11H12ClNO2/c1-7-4-3-5-9(10(7)14)11(15)13-6-8(2)12/h3-5,14H,2,6H2,1H3,(H,13,15). The Morgan fingerprint density at radius 3 is 2.87 bits per heavy atom. The lowest BCUT2D eigenvalue weighted by atomic mass is 10.1. The molecule has 1 aromatic rings. The van der Waals surface area contributed by atoms with Gasteiger partial charge in [0.1, 0.15) is 5.75 Å². The van der Waals surface area contributed by atoms with Crippen LogP contribution in [0.1, 0.15) is 15.9 Å². The van der Waals surface area contributed by atoms with Crippen LogP contribution in [0.25, 0.3) is 0 Å². The summed E-state index contributed by atoms with van der Waals surface area (Å²) in [7, 11) is 0. The van der Waals surface area contributed by atoms with Gasteiger partial charge in [-0.05, 0) is 18.6 Å². The lowest BCUT2D eigenvalue weighted by molar-refractivity contribution is 0.0955. The highest BCUT2D eigenvalue weighted by molar-refractivity contribution is 6.29. The van der Waals surface area contributed by atoms with Crippen molar-refractivity contribution in [1.29, 1.82) is 0 Å². The van der Waals surface area contributed by atoms with E-state index in [0.29, 0.717) is 10.6 Å². The number of amides is 1. The second kappa shape index (κ2) is 4.84. The second-order valence-corrected chi connectivity index (χ2v) is 3.71. The van der Waals surface area contributed by atoms with Crippen molar-refractivity contribution < 1.29 is 9.90 Å². The van der Waals surface area contributed by atoms with Gasteiger partial charge < -0.3 is 10.4 Å². The average Bonchev–Trinajstić information content (AvgIpc) is 2.18. The number of aryl methyl sites for hydroxylation is 1. The van der Waals surface area contributed by atoms with Gasteiger partial charge in [-0.1, -0.05) is 30.3 Å². The molecule has 0 spiro atoms. The molecule has 0 saturated carbocycles. The van der Waals surface area contributed by atoms with Crippen LogP contribution in [-0.4, -0.2) is 17.6 Å². The van der Waals surface area contributed by atoms with Gasteiger partial charge in [0.25, 0.3) is 5.91 Å². The van der Waals surface area contributed by atoms with E-state index in [1.54, 1.807) is 25.1 Å². The third-order valence-corrected chi connectivity index (χ3v) is 2.06. The molecule has 15 heavy (non-hydrogen) atoms. The number of para-hydroxylation sites is 1. The molecule has 4 heteroatoms. The number of hydrogen-bond acceptors (Lipinski definition) is 2. The molecule has 0 fully saturated rings. The first-order chi connectivity index (χ1) is 7.02. The zero-order valence-electron chi connectivity index (χ0n) is 8.38. The molecule has 0 radical (unpaired) electrons. The number of carbonyl (C=O) groups is 1. The molecule has 0 aliphatic carbocycles. The summed E-state index contributed by atoms with van der Waals surface area (Å²) in [5, 5.41) is 12.5. The summed E-state index contributed by atoms with van der Waals surface area (Å²) < 4.78 is 0. The Hall–Kier alpha value is -1.48. The Morgan fingerprint density at radius 1 is 1.60 bits per heavy atom. The van der Waals surface area contributed by atoms with Crippen LogP contribution in [-0.2, 0) is 0 Å². The minimum absolute atomic E-state index is 0.00446. The number of aromatic hydroxyl groups is 1. The van der Waals surface area contributed by atoms with Gasteiger partial charge in [0, 0.05) is 5.03 Å². The van der Waals surface area contributed by atoms with Crippen LogP contribution in [0.3, 0.4) is 0 Å². The van der Waals surface area contributed by atoms with Gasteiger partial charge in [-0.2, -0.15) is 0 Å². The molecule has 1 aromatic carbocycles. The van der Waals surface area contributed by atoms with Gasteiger partial charge >= 0.3 is 0 Å². The first-order valence-corrected chi connectivity index (χ1v) is 4.80. The van der Waals surface area contributed by atoms with Crippen molar-refractivity contribution >= 4 is 17.5 Å². The minimum atomic E-state index is -0.363. The van der Waals surface area contributed by atoms with Crippen molar-refractivity contribution in [2.24, 2.45) is 0 Å².